The van der Waals surface area contributed by atoms with Gasteiger partial charge in [0.2, 0.25) is 5.95 Å². The SMILES string of the molecule is CCc1c(C)nc2n(c1=O)CN(Cc1ccc(C)cc1)CN2c1cccc(C)c1C. The Hall–Kier alpha value is -2.92. The monoisotopic (exact) mass is 402 g/mol. The maximum Gasteiger partial charge on any atom is 0.259 e. The van der Waals surface area contributed by atoms with Crippen LogP contribution in [0.25, 0.3) is 0 Å². The molecule has 0 atom stereocenters. The minimum absolute atomic E-state index is 0.0731. The van der Waals surface area contributed by atoms with Crippen LogP contribution < -0.4 is 10.5 Å². The molecule has 5 nitrogen and oxygen atoms in total. The second-order valence-electron chi connectivity index (χ2n) is 8.31. The fourth-order valence-corrected chi connectivity index (χ4v) is 4.20. The van der Waals surface area contributed by atoms with Gasteiger partial charge in [-0.2, -0.15) is 0 Å². The second-order valence-corrected chi connectivity index (χ2v) is 8.31. The van der Waals surface area contributed by atoms with E-state index in [2.05, 4.69) is 73.0 Å². The maximum atomic E-state index is 13.3. The van der Waals surface area contributed by atoms with Gasteiger partial charge in [0.25, 0.3) is 5.56 Å². The van der Waals surface area contributed by atoms with Crippen LogP contribution in [0.5, 0.6) is 0 Å². The maximum absolute atomic E-state index is 13.3. The number of aryl methyl sites for hydroxylation is 3. The molecule has 2 heterocycles. The Kier molecular flexibility index (Phi) is 5.48. The van der Waals surface area contributed by atoms with Gasteiger partial charge in [-0.05, 0) is 56.9 Å². The topological polar surface area (TPSA) is 41.4 Å². The highest BCUT2D eigenvalue weighted by Crippen LogP contribution is 2.32. The second kappa shape index (κ2) is 8.07. The molecule has 1 aliphatic rings. The van der Waals surface area contributed by atoms with Crippen LogP contribution >= 0.6 is 0 Å². The molecule has 2 aromatic carbocycles. The predicted octanol–water partition coefficient (Wildman–Crippen LogP) is 4.61. The van der Waals surface area contributed by atoms with Crippen LogP contribution in [0.2, 0.25) is 0 Å². The summed E-state index contributed by atoms with van der Waals surface area (Å²) in [5, 5.41) is 0. The molecule has 0 unspecified atom stereocenters. The molecule has 0 aliphatic carbocycles. The molecule has 0 N–H and O–H groups in total. The number of rotatable bonds is 4. The van der Waals surface area contributed by atoms with E-state index in [9.17, 15) is 4.79 Å². The van der Waals surface area contributed by atoms with Crippen molar-refractivity contribution in [3.8, 4) is 0 Å². The Balaban J connectivity index is 1.82. The van der Waals surface area contributed by atoms with Crippen molar-refractivity contribution in [3.05, 3.63) is 86.3 Å². The number of aromatic nitrogens is 2. The lowest BCUT2D eigenvalue weighted by Gasteiger charge is -2.39. The van der Waals surface area contributed by atoms with Crippen molar-refractivity contribution in [2.75, 3.05) is 11.6 Å². The highest BCUT2D eigenvalue weighted by molar-refractivity contribution is 5.64. The van der Waals surface area contributed by atoms with Crippen molar-refractivity contribution in [2.45, 2.75) is 54.3 Å². The smallest absolute Gasteiger partial charge is 0.259 e. The highest BCUT2D eigenvalue weighted by Gasteiger charge is 2.28. The molecule has 156 valence electrons. The largest absolute Gasteiger partial charge is 0.298 e. The lowest BCUT2D eigenvalue weighted by Crippen LogP contribution is -2.47. The first-order chi connectivity index (χ1) is 14.4. The molecule has 1 aliphatic heterocycles. The van der Waals surface area contributed by atoms with Gasteiger partial charge >= 0.3 is 0 Å². The zero-order valence-corrected chi connectivity index (χ0v) is 18.6. The minimum Gasteiger partial charge on any atom is -0.298 e. The van der Waals surface area contributed by atoms with Gasteiger partial charge in [0.15, 0.2) is 0 Å². The fourth-order valence-electron chi connectivity index (χ4n) is 4.20. The van der Waals surface area contributed by atoms with Gasteiger partial charge in [0, 0.05) is 23.5 Å². The van der Waals surface area contributed by atoms with Crippen LogP contribution in [0.3, 0.4) is 0 Å². The van der Waals surface area contributed by atoms with Gasteiger partial charge in [-0.25, -0.2) is 4.98 Å². The van der Waals surface area contributed by atoms with Crippen molar-refractivity contribution < 1.29 is 0 Å². The summed E-state index contributed by atoms with van der Waals surface area (Å²) in [6.45, 7) is 12.3. The third-order valence-electron chi connectivity index (χ3n) is 6.12. The van der Waals surface area contributed by atoms with Gasteiger partial charge in [0.05, 0.1) is 13.3 Å². The fraction of sp³-hybridized carbons (Fsp3) is 0.360. The molecule has 0 radical (unpaired) electrons. The third-order valence-corrected chi connectivity index (χ3v) is 6.12. The van der Waals surface area contributed by atoms with Crippen molar-refractivity contribution in [2.24, 2.45) is 0 Å². The Morgan fingerprint density at radius 2 is 1.70 bits per heavy atom. The number of hydrogen-bond acceptors (Lipinski definition) is 4. The molecule has 4 rings (SSSR count). The minimum atomic E-state index is 0.0731. The molecule has 1 aromatic heterocycles. The van der Waals surface area contributed by atoms with Crippen LogP contribution in [-0.2, 0) is 19.6 Å². The van der Waals surface area contributed by atoms with E-state index in [1.54, 1.807) is 0 Å². The summed E-state index contributed by atoms with van der Waals surface area (Å²) in [5.41, 5.74) is 7.76. The molecule has 0 spiro atoms. The van der Waals surface area contributed by atoms with Crippen molar-refractivity contribution >= 4 is 11.6 Å². The Labute approximate surface area is 178 Å². The molecule has 3 aromatic rings. The normalized spacial score (nSPS) is 14.1. The van der Waals surface area contributed by atoms with Gasteiger partial charge in [0.1, 0.15) is 0 Å². The van der Waals surface area contributed by atoms with Gasteiger partial charge in [-0.1, -0.05) is 48.9 Å². The highest BCUT2D eigenvalue weighted by atomic mass is 16.1. The molecule has 0 amide bonds. The van der Waals surface area contributed by atoms with E-state index in [0.29, 0.717) is 19.8 Å². The predicted molar refractivity (Wildman–Crippen MR) is 122 cm³/mol. The third kappa shape index (κ3) is 3.65. The lowest BCUT2D eigenvalue weighted by atomic mass is 10.1. The van der Waals surface area contributed by atoms with Gasteiger partial charge in [-0.15, -0.1) is 0 Å². The molecule has 0 saturated heterocycles. The lowest BCUT2D eigenvalue weighted by molar-refractivity contribution is 0.189. The molecular weight excluding hydrogens is 372 g/mol. The molecule has 0 bridgehead atoms. The van der Waals surface area contributed by atoms with E-state index in [0.717, 1.165) is 29.4 Å². The van der Waals surface area contributed by atoms with E-state index < -0.39 is 0 Å². The average Bonchev–Trinajstić information content (AvgIpc) is 2.72. The summed E-state index contributed by atoms with van der Waals surface area (Å²) in [6, 6.07) is 14.9. The van der Waals surface area contributed by atoms with Crippen molar-refractivity contribution in [1.82, 2.24) is 14.5 Å². The number of fused-ring (bicyclic) bond motifs is 1. The number of benzene rings is 2. The molecule has 0 saturated carbocycles. The van der Waals surface area contributed by atoms with E-state index in [1.165, 1.54) is 22.3 Å². The van der Waals surface area contributed by atoms with Gasteiger partial charge in [-0.3, -0.25) is 19.2 Å². The quantitative estimate of drug-likeness (QED) is 0.639. The summed E-state index contributed by atoms with van der Waals surface area (Å²) < 4.78 is 1.84. The molecule has 0 fully saturated rings. The standard InChI is InChI=1S/C25H30N4O/c1-6-22-20(5)26-25-28(23-9-7-8-18(3)19(23)4)15-27(16-29(25)24(22)30)14-21-12-10-17(2)11-13-21/h7-13H,6,14-16H2,1-5H3. The van der Waals surface area contributed by atoms with Gasteiger partial charge < -0.3 is 0 Å². The molecule has 30 heavy (non-hydrogen) atoms. The van der Waals surface area contributed by atoms with Crippen LogP contribution in [0.1, 0.15) is 40.4 Å². The first kappa shape index (κ1) is 20.4. The summed E-state index contributed by atoms with van der Waals surface area (Å²) in [6.07, 6.45) is 0.694. The van der Waals surface area contributed by atoms with E-state index >= 15 is 0 Å². The van der Waals surface area contributed by atoms with Crippen LogP contribution in [0, 0.1) is 27.7 Å². The number of nitrogens with zero attached hydrogens (tertiary/aromatic N) is 4. The van der Waals surface area contributed by atoms with E-state index in [-0.39, 0.29) is 5.56 Å². The Morgan fingerprint density at radius 3 is 2.40 bits per heavy atom. The summed E-state index contributed by atoms with van der Waals surface area (Å²) in [5.74, 6) is 0.739. The summed E-state index contributed by atoms with van der Waals surface area (Å²) in [7, 11) is 0. The van der Waals surface area contributed by atoms with E-state index in [4.69, 9.17) is 4.98 Å². The molecular formula is C25H30N4O. The Morgan fingerprint density at radius 1 is 0.967 bits per heavy atom. The first-order valence-electron chi connectivity index (χ1n) is 10.6. The van der Waals surface area contributed by atoms with Crippen LogP contribution in [-0.4, -0.2) is 21.1 Å². The van der Waals surface area contributed by atoms with Crippen LogP contribution in [0.4, 0.5) is 11.6 Å². The van der Waals surface area contributed by atoms with E-state index in [1.807, 2.05) is 18.4 Å². The summed E-state index contributed by atoms with van der Waals surface area (Å²) in [4.78, 5) is 22.7. The average molecular weight is 403 g/mol. The Bertz CT molecular complexity index is 1130. The first-order valence-corrected chi connectivity index (χ1v) is 10.6. The molecule has 5 heteroatoms. The summed E-state index contributed by atoms with van der Waals surface area (Å²) >= 11 is 0. The van der Waals surface area contributed by atoms with Crippen LogP contribution in [0.15, 0.2) is 47.3 Å². The van der Waals surface area contributed by atoms with Crippen molar-refractivity contribution in [1.29, 1.82) is 0 Å². The number of hydrogen-bond donors (Lipinski definition) is 0. The number of anilines is 2. The zero-order chi connectivity index (χ0) is 21.4. The zero-order valence-electron chi connectivity index (χ0n) is 18.6. The van der Waals surface area contributed by atoms with Crippen molar-refractivity contribution in [3.63, 3.8) is 0 Å².